The van der Waals surface area contributed by atoms with Gasteiger partial charge in [-0.1, -0.05) is 6.58 Å². The Labute approximate surface area is 130 Å². The maximum absolute atomic E-state index is 12.2. The standard InChI is InChI=1S/C14H15N3O6/c1-8-12-13(22-11-7-21-14(19)23-11)9(18)2-3-17(12)15-10-6-20-5-4-16(8)10/h2-3,10-11,15H,1,4-7H2/t10-,11?/m0/s1. The van der Waals surface area contributed by atoms with Gasteiger partial charge < -0.3 is 29.3 Å². The molecular weight excluding hydrogens is 306 g/mol. The van der Waals surface area contributed by atoms with E-state index in [1.807, 2.05) is 4.90 Å². The molecule has 1 N–H and O–H groups in total. The Morgan fingerprint density at radius 3 is 3.00 bits per heavy atom. The first kappa shape index (κ1) is 13.9. The molecule has 1 aromatic heterocycles. The SMILES string of the molecule is C=C1c2c(OC3COC(=O)O3)c(=O)ccn2N[C@@H]2COCCN12. The second kappa shape index (κ2) is 5.20. The Morgan fingerprint density at radius 1 is 1.35 bits per heavy atom. The van der Waals surface area contributed by atoms with Crippen LogP contribution in [0.4, 0.5) is 4.79 Å². The van der Waals surface area contributed by atoms with Gasteiger partial charge >= 0.3 is 6.16 Å². The van der Waals surface area contributed by atoms with E-state index in [9.17, 15) is 9.59 Å². The van der Waals surface area contributed by atoms with Crippen LogP contribution in [0.3, 0.4) is 0 Å². The van der Waals surface area contributed by atoms with Crippen molar-refractivity contribution in [3.05, 3.63) is 34.8 Å². The summed E-state index contributed by atoms with van der Waals surface area (Å²) in [5, 5.41) is 0. The number of morpholine rings is 1. The zero-order valence-electron chi connectivity index (χ0n) is 12.2. The van der Waals surface area contributed by atoms with Crippen LogP contribution in [0.2, 0.25) is 0 Å². The minimum atomic E-state index is -0.947. The van der Waals surface area contributed by atoms with Gasteiger partial charge in [0.05, 0.1) is 18.9 Å². The van der Waals surface area contributed by atoms with Crippen LogP contribution in [-0.2, 0) is 14.2 Å². The van der Waals surface area contributed by atoms with Crippen LogP contribution in [0.5, 0.6) is 5.75 Å². The highest BCUT2D eigenvalue weighted by molar-refractivity contribution is 5.67. The lowest BCUT2D eigenvalue weighted by atomic mass is 10.2. The van der Waals surface area contributed by atoms with E-state index in [-0.39, 0.29) is 24.0 Å². The molecule has 0 bridgehead atoms. The number of rotatable bonds is 2. The predicted molar refractivity (Wildman–Crippen MR) is 77.3 cm³/mol. The Bertz CT molecular complexity index is 730. The fourth-order valence-corrected chi connectivity index (χ4v) is 2.84. The molecule has 122 valence electrons. The van der Waals surface area contributed by atoms with Gasteiger partial charge in [-0.05, 0) is 0 Å². The lowest BCUT2D eigenvalue weighted by Crippen LogP contribution is -2.55. The number of nitrogens with zero attached hydrogens (tertiary/aromatic N) is 2. The largest absolute Gasteiger partial charge is 0.511 e. The molecule has 3 aliphatic heterocycles. The Kier molecular flexibility index (Phi) is 3.15. The molecule has 0 aliphatic carbocycles. The average Bonchev–Trinajstić information content (AvgIpc) is 2.96. The zero-order chi connectivity index (χ0) is 16.0. The van der Waals surface area contributed by atoms with E-state index in [4.69, 9.17) is 14.2 Å². The van der Waals surface area contributed by atoms with E-state index in [1.54, 1.807) is 10.9 Å². The van der Waals surface area contributed by atoms with Gasteiger partial charge in [0.15, 0.2) is 12.4 Å². The third kappa shape index (κ3) is 2.29. The van der Waals surface area contributed by atoms with Gasteiger partial charge in [0.25, 0.3) is 6.29 Å². The van der Waals surface area contributed by atoms with E-state index in [0.717, 1.165) is 0 Å². The first-order chi connectivity index (χ1) is 11.1. The van der Waals surface area contributed by atoms with Crippen molar-refractivity contribution in [1.29, 1.82) is 0 Å². The molecule has 1 unspecified atom stereocenters. The zero-order valence-corrected chi connectivity index (χ0v) is 12.2. The van der Waals surface area contributed by atoms with Crippen molar-refractivity contribution in [2.24, 2.45) is 0 Å². The number of hydrogen-bond acceptors (Lipinski definition) is 8. The van der Waals surface area contributed by atoms with E-state index in [2.05, 4.69) is 16.7 Å². The maximum atomic E-state index is 12.2. The van der Waals surface area contributed by atoms with Crippen molar-refractivity contribution in [2.45, 2.75) is 12.5 Å². The summed E-state index contributed by atoms with van der Waals surface area (Å²) in [6.07, 6.45) is -0.215. The highest BCUT2D eigenvalue weighted by atomic mass is 16.8. The topological polar surface area (TPSA) is 91.3 Å². The van der Waals surface area contributed by atoms with Crippen molar-refractivity contribution in [1.82, 2.24) is 9.58 Å². The summed E-state index contributed by atoms with van der Waals surface area (Å²) in [5.41, 5.74) is 4.05. The van der Waals surface area contributed by atoms with E-state index in [1.165, 1.54) is 6.07 Å². The van der Waals surface area contributed by atoms with Crippen LogP contribution in [0.1, 0.15) is 5.69 Å². The summed E-state index contributed by atoms with van der Waals surface area (Å²) in [5.74, 6) is 0.0678. The lowest BCUT2D eigenvalue weighted by Gasteiger charge is -2.44. The lowest BCUT2D eigenvalue weighted by molar-refractivity contribution is 0.00142. The van der Waals surface area contributed by atoms with Crippen molar-refractivity contribution >= 4 is 11.9 Å². The molecule has 2 fully saturated rings. The van der Waals surface area contributed by atoms with Gasteiger partial charge in [-0.2, -0.15) is 0 Å². The van der Waals surface area contributed by atoms with Crippen LogP contribution in [-0.4, -0.2) is 54.6 Å². The molecule has 9 heteroatoms. The van der Waals surface area contributed by atoms with Gasteiger partial charge in [-0.15, -0.1) is 0 Å². The van der Waals surface area contributed by atoms with Gasteiger partial charge in [0, 0.05) is 18.8 Å². The molecule has 23 heavy (non-hydrogen) atoms. The summed E-state index contributed by atoms with van der Waals surface area (Å²) in [4.78, 5) is 25.3. The highest BCUT2D eigenvalue weighted by Gasteiger charge is 2.35. The number of hydrogen-bond donors (Lipinski definition) is 1. The first-order valence-corrected chi connectivity index (χ1v) is 7.19. The van der Waals surface area contributed by atoms with Gasteiger partial charge in [0.1, 0.15) is 11.9 Å². The second-order valence-corrected chi connectivity index (χ2v) is 5.31. The predicted octanol–water partition coefficient (Wildman–Crippen LogP) is -0.0939. The fourth-order valence-electron chi connectivity index (χ4n) is 2.84. The third-order valence-corrected chi connectivity index (χ3v) is 3.91. The monoisotopic (exact) mass is 321 g/mol. The van der Waals surface area contributed by atoms with E-state index >= 15 is 0 Å². The molecule has 0 saturated carbocycles. The van der Waals surface area contributed by atoms with Crippen LogP contribution >= 0.6 is 0 Å². The summed E-state index contributed by atoms with van der Waals surface area (Å²) >= 11 is 0. The second-order valence-electron chi connectivity index (χ2n) is 5.31. The molecule has 0 spiro atoms. The molecule has 0 aromatic carbocycles. The summed E-state index contributed by atoms with van der Waals surface area (Å²) in [6, 6.07) is 1.37. The van der Waals surface area contributed by atoms with E-state index in [0.29, 0.717) is 31.1 Å². The van der Waals surface area contributed by atoms with E-state index < -0.39 is 12.4 Å². The molecule has 0 amide bonds. The van der Waals surface area contributed by atoms with Crippen LogP contribution in [0, 0.1) is 0 Å². The Balaban J connectivity index is 1.71. The number of ether oxygens (including phenoxy) is 4. The summed E-state index contributed by atoms with van der Waals surface area (Å²) in [6.45, 7) is 5.76. The van der Waals surface area contributed by atoms with Crippen molar-refractivity contribution < 1.29 is 23.7 Å². The van der Waals surface area contributed by atoms with Gasteiger partial charge in [-0.25, -0.2) is 4.79 Å². The van der Waals surface area contributed by atoms with Crippen molar-refractivity contribution in [3.8, 4) is 5.75 Å². The van der Waals surface area contributed by atoms with Crippen LogP contribution in [0.15, 0.2) is 23.6 Å². The number of pyridine rings is 1. The molecule has 4 heterocycles. The molecule has 4 rings (SSSR count). The molecule has 2 saturated heterocycles. The maximum Gasteiger partial charge on any atom is 0.511 e. The Morgan fingerprint density at radius 2 is 2.22 bits per heavy atom. The van der Waals surface area contributed by atoms with Gasteiger partial charge in [0.2, 0.25) is 5.43 Å². The first-order valence-electron chi connectivity index (χ1n) is 7.19. The smallest absolute Gasteiger partial charge is 0.445 e. The van der Waals surface area contributed by atoms with Crippen molar-refractivity contribution in [3.63, 3.8) is 0 Å². The van der Waals surface area contributed by atoms with Gasteiger partial charge in [-0.3, -0.25) is 9.47 Å². The highest BCUT2D eigenvalue weighted by Crippen LogP contribution is 2.31. The molecule has 9 nitrogen and oxygen atoms in total. The number of nitrogens with one attached hydrogen (secondary N) is 1. The normalized spacial score (nSPS) is 25.8. The summed E-state index contributed by atoms with van der Waals surface area (Å²) in [7, 11) is 0. The number of carbonyl (C=O) groups excluding carboxylic acids is 1. The van der Waals surface area contributed by atoms with Crippen LogP contribution < -0.4 is 15.6 Å². The molecule has 3 aliphatic rings. The molecule has 2 atom stereocenters. The molecular formula is C14H15N3O6. The summed E-state index contributed by atoms with van der Waals surface area (Å²) < 4.78 is 22.2. The minimum absolute atomic E-state index is 0.0628. The number of carbonyl (C=O) groups is 1. The van der Waals surface area contributed by atoms with Crippen LogP contribution in [0.25, 0.3) is 5.70 Å². The minimum Gasteiger partial charge on any atom is -0.445 e. The Hall–Kier alpha value is -2.68. The third-order valence-electron chi connectivity index (χ3n) is 3.91. The number of fused-ring (bicyclic) bond motifs is 2. The number of cyclic esters (lactones) is 2. The number of aromatic nitrogens is 1. The molecule has 1 aromatic rings. The van der Waals surface area contributed by atoms with Crippen molar-refractivity contribution in [2.75, 3.05) is 31.8 Å². The average molecular weight is 321 g/mol. The molecule has 0 radical (unpaired) electrons. The fraction of sp³-hybridized carbons (Fsp3) is 0.429. The quantitative estimate of drug-likeness (QED) is 0.756.